The average molecular weight is 330 g/mol. The van der Waals surface area contributed by atoms with Crippen LogP contribution in [0.25, 0.3) is 0 Å². The topological polar surface area (TPSA) is 50.7 Å². The molecular formula is C14H20BrNO3. The van der Waals surface area contributed by atoms with Crippen molar-refractivity contribution in [3.05, 3.63) is 28.2 Å². The molecule has 2 rings (SSSR count). The predicted octanol–water partition coefficient (Wildman–Crippen LogP) is 1.74. The lowest BCUT2D eigenvalue weighted by molar-refractivity contribution is 0.0590. The third-order valence-corrected chi connectivity index (χ3v) is 3.64. The molecular weight excluding hydrogens is 310 g/mol. The van der Waals surface area contributed by atoms with Gasteiger partial charge in [0.25, 0.3) is 0 Å². The Morgan fingerprint density at radius 1 is 1.58 bits per heavy atom. The first kappa shape index (κ1) is 14.8. The van der Waals surface area contributed by atoms with Crippen molar-refractivity contribution in [3.8, 4) is 5.75 Å². The summed E-state index contributed by atoms with van der Waals surface area (Å²) < 4.78 is 11.8. The Morgan fingerprint density at radius 3 is 3.21 bits per heavy atom. The number of hydrogen-bond acceptors (Lipinski definition) is 4. The van der Waals surface area contributed by atoms with E-state index in [4.69, 9.17) is 9.47 Å². The van der Waals surface area contributed by atoms with Crippen LogP contribution in [0.2, 0.25) is 0 Å². The minimum Gasteiger partial charge on any atom is -0.488 e. The quantitative estimate of drug-likeness (QED) is 0.748. The number of hydrogen-bond donors (Lipinski definition) is 2. The predicted molar refractivity (Wildman–Crippen MR) is 77.6 cm³/mol. The van der Waals surface area contributed by atoms with Gasteiger partial charge in [-0.25, -0.2) is 0 Å². The van der Waals surface area contributed by atoms with Crippen molar-refractivity contribution >= 4 is 15.9 Å². The van der Waals surface area contributed by atoms with Crippen LogP contribution in [-0.2, 0) is 11.2 Å². The van der Waals surface area contributed by atoms with Crippen LogP contribution in [0.5, 0.6) is 5.75 Å². The van der Waals surface area contributed by atoms with Crippen molar-refractivity contribution in [1.29, 1.82) is 0 Å². The zero-order valence-corrected chi connectivity index (χ0v) is 12.6. The molecule has 19 heavy (non-hydrogen) atoms. The van der Waals surface area contributed by atoms with Crippen molar-refractivity contribution < 1.29 is 14.6 Å². The Labute approximate surface area is 122 Å². The van der Waals surface area contributed by atoms with Crippen molar-refractivity contribution in [2.24, 2.45) is 0 Å². The molecule has 0 saturated carbocycles. The largest absolute Gasteiger partial charge is 0.488 e. The molecule has 0 radical (unpaired) electrons. The van der Waals surface area contributed by atoms with Gasteiger partial charge in [0.2, 0.25) is 0 Å². The van der Waals surface area contributed by atoms with Gasteiger partial charge in [-0.15, -0.1) is 0 Å². The molecule has 1 aromatic carbocycles. The highest BCUT2D eigenvalue weighted by molar-refractivity contribution is 9.10. The summed E-state index contributed by atoms with van der Waals surface area (Å²) in [7, 11) is 1.60. The number of fused-ring (bicyclic) bond motifs is 1. The lowest BCUT2D eigenvalue weighted by atomic mass is 10.1. The number of ether oxygens (including phenoxy) is 2. The standard InChI is InChI=1S/C14H20BrNO3/c1-18-9-12(17)4-5-16-8-13-7-10-6-11(15)2-3-14(10)19-13/h2-3,6,12-13,16-17H,4-5,7-9H2,1H3. The smallest absolute Gasteiger partial charge is 0.123 e. The molecule has 0 aromatic heterocycles. The maximum atomic E-state index is 9.51. The Balaban J connectivity index is 1.67. The van der Waals surface area contributed by atoms with Gasteiger partial charge in [-0.05, 0) is 36.7 Å². The second-order valence-corrected chi connectivity index (χ2v) is 5.71. The lowest BCUT2D eigenvalue weighted by Crippen LogP contribution is -2.32. The first-order valence-corrected chi connectivity index (χ1v) is 7.31. The summed E-state index contributed by atoms with van der Waals surface area (Å²) in [5, 5.41) is 12.8. The SMILES string of the molecule is COCC(O)CCNCC1Cc2cc(Br)ccc2O1. The molecule has 2 unspecified atom stereocenters. The van der Waals surface area contributed by atoms with Gasteiger partial charge in [-0.1, -0.05) is 15.9 Å². The number of aliphatic hydroxyl groups is 1. The van der Waals surface area contributed by atoms with E-state index >= 15 is 0 Å². The van der Waals surface area contributed by atoms with E-state index < -0.39 is 6.10 Å². The van der Waals surface area contributed by atoms with Gasteiger partial charge in [0, 0.05) is 24.5 Å². The van der Waals surface area contributed by atoms with Gasteiger partial charge in [-0.2, -0.15) is 0 Å². The summed E-state index contributed by atoms with van der Waals surface area (Å²) in [6.07, 6.45) is 1.42. The van der Waals surface area contributed by atoms with E-state index in [0.717, 1.165) is 29.7 Å². The van der Waals surface area contributed by atoms with Crippen LogP contribution in [-0.4, -0.2) is 44.1 Å². The van der Waals surface area contributed by atoms with Gasteiger partial charge in [-0.3, -0.25) is 0 Å². The number of aliphatic hydroxyl groups excluding tert-OH is 1. The Bertz CT molecular complexity index is 414. The van der Waals surface area contributed by atoms with Crippen LogP contribution in [0.4, 0.5) is 0 Å². The fourth-order valence-electron chi connectivity index (χ4n) is 2.21. The van der Waals surface area contributed by atoms with Crippen molar-refractivity contribution in [2.75, 3.05) is 26.8 Å². The summed E-state index contributed by atoms with van der Waals surface area (Å²) in [4.78, 5) is 0. The fraction of sp³-hybridized carbons (Fsp3) is 0.571. The summed E-state index contributed by atoms with van der Waals surface area (Å²) >= 11 is 3.47. The van der Waals surface area contributed by atoms with Crippen LogP contribution in [0.1, 0.15) is 12.0 Å². The van der Waals surface area contributed by atoms with Gasteiger partial charge in [0.1, 0.15) is 11.9 Å². The van der Waals surface area contributed by atoms with Crippen LogP contribution >= 0.6 is 15.9 Å². The Morgan fingerprint density at radius 2 is 2.42 bits per heavy atom. The minimum absolute atomic E-state index is 0.184. The summed E-state index contributed by atoms with van der Waals surface area (Å²) in [5.74, 6) is 0.981. The molecule has 4 nitrogen and oxygen atoms in total. The highest BCUT2D eigenvalue weighted by atomic mass is 79.9. The van der Waals surface area contributed by atoms with E-state index in [1.807, 2.05) is 12.1 Å². The van der Waals surface area contributed by atoms with Gasteiger partial charge in [0.05, 0.1) is 12.7 Å². The molecule has 0 spiro atoms. The van der Waals surface area contributed by atoms with Crippen LogP contribution in [0.15, 0.2) is 22.7 Å². The number of rotatable bonds is 7. The highest BCUT2D eigenvalue weighted by Crippen LogP contribution is 2.30. The maximum absolute atomic E-state index is 9.51. The molecule has 0 aliphatic carbocycles. The Hall–Kier alpha value is -0.620. The van der Waals surface area contributed by atoms with E-state index in [9.17, 15) is 5.11 Å². The third-order valence-electron chi connectivity index (χ3n) is 3.15. The van der Waals surface area contributed by atoms with Crippen LogP contribution in [0.3, 0.4) is 0 Å². The maximum Gasteiger partial charge on any atom is 0.123 e. The molecule has 0 saturated heterocycles. The third kappa shape index (κ3) is 4.45. The number of halogens is 1. The van der Waals surface area contributed by atoms with Crippen molar-refractivity contribution in [1.82, 2.24) is 5.32 Å². The van der Waals surface area contributed by atoms with Gasteiger partial charge >= 0.3 is 0 Å². The molecule has 2 atom stereocenters. The molecule has 1 aliphatic heterocycles. The second-order valence-electron chi connectivity index (χ2n) is 4.80. The molecule has 0 fully saturated rings. The number of benzene rings is 1. The normalized spacial score (nSPS) is 19.0. The molecule has 1 aliphatic rings. The van der Waals surface area contributed by atoms with E-state index in [1.165, 1.54) is 5.56 Å². The van der Waals surface area contributed by atoms with E-state index in [1.54, 1.807) is 7.11 Å². The van der Waals surface area contributed by atoms with E-state index in [2.05, 4.69) is 27.3 Å². The zero-order chi connectivity index (χ0) is 13.7. The summed E-state index contributed by atoms with van der Waals surface area (Å²) in [5.41, 5.74) is 1.25. The zero-order valence-electron chi connectivity index (χ0n) is 11.1. The molecule has 106 valence electrons. The summed E-state index contributed by atoms with van der Waals surface area (Å²) in [6, 6.07) is 6.11. The lowest BCUT2D eigenvalue weighted by Gasteiger charge is -2.13. The fourth-order valence-corrected chi connectivity index (χ4v) is 2.62. The number of methoxy groups -OCH3 is 1. The monoisotopic (exact) mass is 329 g/mol. The molecule has 0 amide bonds. The van der Waals surface area contributed by atoms with Crippen LogP contribution < -0.4 is 10.1 Å². The first-order valence-electron chi connectivity index (χ1n) is 6.52. The van der Waals surface area contributed by atoms with E-state index in [-0.39, 0.29) is 6.10 Å². The van der Waals surface area contributed by atoms with Crippen LogP contribution in [0, 0.1) is 0 Å². The minimum atomic E-state index is -0.393. The summed E-state index contributed by atoms with van der Waals surface area (Å²) in [6.45, 7) is 1.96. The molecule has 5 heteroatoms. The van der Waals surface area contributed by atoms with Gasteiger partial charge < -0.3 is 19.9 Å². The van der Waals surface area contributed by atoms with Gasteiger partial charge in [0.15, 0.2) is 0 Å². The van der Waals surface area contributed by atoms with E-state index in [0.29, 0.717) is 13.0 Å². The average Bonchev–Trinajstić information content (AvgIpc) is 2.77. The highest BCUT2D eigenvalue weighted by Gasteiger charge is 2.22. The second kappa shape index (κ2) is 7.24. The Kier molecular flexibility index (Phi) is 5.63. The molecule has 1 heterocycles. The van der Waals surface area contributed by atoms with Crippen molar-refractivity contribution in [3.63, 3.8) is 0 Å². The molecule has 1 aromatic rings. The molecule has 0 bridgehead atoms. The first-order chi connectivity index (χ1) is 9.19. The van der Waals surface area contributed by atoms with Crippen molar-refractivity contribution in [2.45, 2.75) is 25.0 Å². The molecule has 2 N–H and O–H groups in total. The number of nitrogens with one attached hydrogen (secondary N) is 1.